The number of carbonyl (C=O) groups is 2. The summed E-state index contributed by atoms with van der Waals surface area (Å²) < 4.78 is 30.1. The van der Waals surface area contributed by atoms with Crippen LogP contribution in [0.2, 0.25) is 0 Å². The van der Waals surface area contributed by atoms with E-state index < -0.39 is 21.7 Å². The molecule has 4 aromatic rings. The van der Waals surface area contributed by atoms with Crippen molar-refractivity contribution in [3.8, 4) is 6.07 Å². The van der Waals surface area contributed by atoms with Crippen LogP contribution in [0.5, 0.6) is 0 Å². The van der Waals surface area contributed by atoms with E-state index in [4.69, 9.17) is 5.26 Å². The highest BCUT2D eigenvalue weighted by Gasteiger charge is 2.44. The summed E-state index contributed by atoms with van der Waals surface area (Å²) in [5, 5.41) is 9.17. The summed E-state index contributed by atoms with van der Waals surface area (Å²) >= 11 is 0. The molecule has 6 rings (SSSR count). The van der Waals surface area contributed by atoms with Gasteiger partial charge in [-0.2, -0.15) is 5.26 Å². The van der Waals surface area contributed by atoms with Crippen molar-refractivity contribution >= 4 is 38.6 Å². The maximum atomic E-state index is 14.2. The second kappa shape index (κ2) is 8.64. The number of aromatic nitrogens is 3. The van der Waals surface area contributed by atoms with Crippen LogP contribution >= 0.6 is 0 Å². The maximum Gasteiger partial charge on any atom is 0.267 e. The van der Waals surface area contributed by atoms with Gasteiger partial charge in [0.05, 0.1) is 27.7 Å². The summed E-state index contributed by atoms with van der Waals surface area (Å²) in [4.78, 5) is 36.8. The molecule has 37 heavy (non-hydrogen) atoms. The van der Waals surface area contributed by atoms with Crippen LogP contribution in [0.1, 0.15) is 64.4 Å². The second-order valence-electron chi connectivity index (χ2n) is 9.17. The Labute approximate surface area is 212 Å². The summed E-state index contributed by atoms with van der Waals surface area (Å²) in [6.07, 6.45) is 7.32. The predicted molar refractivity (Wildman–Crippen MR) is 134 cm³/mol. The molecule has 0 N–H and O–H groups in total. The normalized spacial score (nSPS) is 16.2. The Morgan fingerprint density at radius 3 is 2.11 bits per heavy atom. The fourth-order valence-corrected chi connectivity index (χ4v) is 6.89. The molecule has 1 fully saturated rings. The summed E-state index contributed by atoms with van der Waals surface area (Å²) in [5.74, 6) is -1.20. The predicted octanol–water partition coefficient (Wildman–Crippen LogP) is 4.44. The number of imide groups is 1. The van der Waals surface area contributed by atoms with Gasteiger partial charge in [-0.25, -0.2) is 23.3 Å². The van der Waals surface area contributed by atoms with Gasteiger partial charge in [0.15, 0.2) is 5.65 Å². The zero-order valence-electron chi connectivity index (χ0n) is 19.7. The first-order valence-corrected chi connectivity index (χ1v) is 13.5. The maximum absolute atomic E-state index is 14.2. The molecule has 10 heteroatoms. The zero-order chi connectivity index (χ0) is 25.7. The molecule has 2 amide bonds. The Hall–Kier alpha value is -4.36. The highest BCUT2D eigenvalue weighted by molar-refractivity contribution is 7.92. The number of hydrogen-bond donors (Lipinski definition) is 0. The van der Waals surface area contributed by atoms with Gasteiger partial charge in [0.25, 0.3) is 11.8 Å². The number of anilines is 1. The van der Waals surface area contributed by atoms with Crippen LogP contribution in [0, 0.1) is 11.3 Å². The minimum atomic E-state index is -4.29. The number of amides is 2. The molecule has 0 atom stereocenters. The van der Waals surface area contributed by atoms with Gasteiger partial charge >= 0.3 is 0 Å². The number of hydrogen-bond acceptors (Lipinski definition) is 7. The van der Waals surface area contributed by atoms with Crippen molar-refractivity contribution in [2.75, 3.05) is 4.90 Å². The third-order valence-electron chi connectivity index (χ3n) is 7.06. The molecular weight excluding hydrogens is 490 g/mol. The smallest absolute Gasteiger partial charge is 0.267 e. The van der Waals surface area contributed by atoms with Crippen molar-refractivity contribution in [1.29, 1.82) is 5.26 Å². The SMILES string of the molecule is N#Cc1ccc(S(=O)(=O)c2c(N3C(=O)c4ccccc4C3=O)n(C3CCCCC3)c3nccnc23)cc1. The topological polar surface area (TPSA) is 126 Å². The highest BCUT2D eigenvalue weighted by atomic mass is 32.2. The summed E-state index contributed by atoms with van der Waals surface area (Å²) in [6, 6.07) is 13.8. The number of fused-ring (bicyclic) bond motifs is 2. The van der Waals surface area contributed by atoms with Gasteiger partial charge in [-0.1, -0.05) is 31.4 Å². The fraction of sp³-hybridized carbons (Fsp3) is 0.222. The van der Waals surface area contributed by atoms with Crippen LogP contribution in [0.25, 0.3) is 11.2 Å². The Bertz CT molecular complexity index is 1690. The lowest BCUT2D eigenvalue weighted by atomic mass is 9.95. The van der Waals surface area contributed by atoms with Gasteiger partial charge in [0, 0.05) is 18.4 Å². The molecule has 1 aliphatic heterocycles. The van der Waals surface area contributed by atoms with Crippen molar-refractivity contribution in [1.82, 2.24) is 14.5 Å². The largest absolute Gasteiger partial charge is 0.306 e. The van der Waals surface area contributed by atoms with Crippen molar-refractivity contribution in [2.24, 2.45) is 0 Å². The third kappa shape index (κ3) is 3.46. The van der Waals surface area contributed by atoms with Gasteiger partial charge < -0.3 is 4.57 Å². The van der Waals surface area contributed by atoms with E-state index in [9.17, 15) is 18.0 Å². The molecule has 1 saturated carbocycles. The Morgan fingerprint density at radius 2 is 1.49 bits per heavy atom. The number of rotatable bonds is 4. The average molecular weight is 512 g/mol. The van der Waals surface area contributed by atoms with Gasteiger partial charge in [-0.15, -0.1) is 0 Å². The van der Waals surface area contributed by atoms with E-state index >= 15 is 0 Å². The molecular formula is C27H21N5O4S. The van der Waals surface area contributed by atoms with E-state index in [2.05, 4.69) is 9.97 Å². The molecule has 1 aliphatic carbocycles. The third-order valence-corrected chi connectivity index (χ3v) is 8.87. The van der Waals surface area contributed by atoms with Crippen LogP contribution in [0.15, 0.2) is 70.7 Å². The van der Waals surface area contributed by atoms with Crippen molar-refractivity contribution in [3.63, 3.8) is 0 Å². The molecule has 184 valence electrons. The summed E-state index contributed by atoms with van der Waals surface area (Å²) in [7, 11) is -4.29. The Morgan fingerprint density at radius 1 is 0.865 bits per heavy atom. The first kappa shape index (κ1) is 23.1. The number of sulfone groups is 1. The van der Waals surface area contributed by atoms with E-state index in [-0.39, 0.29) is 38.3 Å². The van der Waals surface area contributed by atoms with E-state index in [1.165, 1.54) is 36.7 Å². The lowest BCUT2D eigenvalue weighted by Gasteiger charge is -2.28. The minimum Gasteiger partial charge on any atom is -0.306 e. The molecule has 0 unspecified atom stereocenters. The number of carbonyl (C=O) groups excluding carboxylic acids is 2. The molecule has 0 spiro atoms. The first-order chi connectivity index (χ1) is 17.9. The van der Waals surface area contributed by atoms with Gasteiger partial charge in [-0.05, 0) is 49.2 Å². The van der Waals surface area contributed by atoms with E-state index in [0.717, 1.165) is 37.0 Å². The standard InChI is InChI=1S/C27H21N5O4S/c28-16-17-10-12-19(13-11-17)37(35,36)23-22-24(30-15-14-29-22)31(18-6-2-1-3-7-18)25(23)32-26(33)20-8-4-5-9-21(20)27(32)34/h4-5,8-15,18H,1-3,6-7H2. The van der Waals surface area contributed by atoms with Crippen LogP contribution in [-0.2, 0) is 9.84 Å². The highest BCUT2D eigenvalue weighted by Crippen LogP contribution is 2.45. The average Bonchev–Trinajstić information content (AvgIpc) is 3.41. The van der Waals surface area contributed by atoms with Crippen LogP contribution in [0.4, 0.5) is 5.82 Å². The van der Waals surface area contributed by atoms with Gasteiger partial charge in [-0.3, -0.25) is 9.59 Å². The van der Waals surface area contributed by atoms with E-state index in [1.54, 1.807) is 28.8 Å². The van der Waals surface area contributed by atoms with Crippen molar-refractivity contribution in [3.05, 3.63) is 77.6 Å². The van der Waals surface area contributed by atoms with Crippen LogP contribution in [-0.4, -0.2) is 34.8 Å². The molecule has 0 radical (unpaired) electrons. The molecule has 2 aromatic carbocycles. The molecule has 3 heterocycles. The summed E-state index contributed by atoms with van der Waals surface area (Å²) in [5.41, 5.74) is 1.16. The quantitative estimate of drug-likeness (QED) is 0.371. The molecule has 0 saturated heterocycles. The van der Waals surface area contributed by atoms with E-state index in [1.807, 2.05) is 6.07 Å². The zero-order valence-corrected chi connectivity index (χ0v) is 20.5. The number of nitriles is 1. The van der Waals surface area contributed by atoms with Crippen LogP contribution < -0.4 is 4.90 Å². The molecule has 2 aliphatic rings. The van der Waals surface area contributed by atoms with Crippen molar-refractivity contribution in [2.45, 2.75) is 47.9 Å². The number of nitrogens with zero attached hydrogens (tertiary/aromatic N) is 5. The fourth-order valence-electron chi connectivity index (χ4n) is 5.33. The molecule has 0 bridgehead atoms. The van der Waals surface area contributed by atoms with Crippen molar-refractivity contribution < 1.29 is 18.0 Å². The Kier molecular flexibility index (Phi) is 5.38. The first-order valence-electron chi connectivity index (χ1n) is 12.0. The molecule has 2 aromatic heterocycles. The van der Waals surface area contributed by atoms with Gasteiger partial charge in [0.2, 0.25) is 9.84 Å². The lowest BCUT2D eigenvalue weighted by molar-refractivity contribution is 0.0922. The summed E-state index contributed by atoms with van der Waals surface area (Å²) in [6.45, 7) is 0. The minimum absolute atomic E-state index is 0.0244. The monoisotopic (exact) mass is 511 g/mol. The lowest BCUT2D eigenvalue weighted by Crippen LogP contribution is -2.33. The molecule has 9 nitrogen and oxygen atoms in total. The van der Waals surface area contributed by atoms with Crippen LogP contribution in [0.3, 0.4) is 0 Å². The van der Waals surface area contributed by atoms with E-state index in [0.29, 0.717) is 11.2 Å². The van der Waals surface area contributed by atoms with Gasteiger partial charge in [0.1, 0.15) is 16.2 Å². The number of benzene rings is 2. The second-order valence-corrected chi connectivity index (χ2v) is 11.1. The Balaban J connectivity index is 1.68.